The Morgan fingerprint density at radius 3 is 2.03 bits per heavy atom. The molecule has 0 spiro atoms. The van der Waals surface area contributed by atoms with Crippen LogP contribution >= 0.6 is 0 Å². The number of anilines is 1. The predicted octanol–water partition coefficient (Wildman–Crippen LogP) is 4.94. The lowest BCUT2D eigenvalue weighted by atomic mass is 10.0. The van der Waals surface area contributed by atoms with Crippen LogP contribution in [-0.2, 0) is 9.53 Å². The highest BCUT2D eigenvalue weighted by Crippen LogP contribution is 2.42. The zero-order valence-electron chi connectivity index (χ0n) is 18.0. The van der Waals surface area contributed by atoms with Crippen LogP contribution in [0.15, 0.2) is 78.9 Å². The van der Waals surface area contributed by atoms with Gasteiger partial charge in [0.05, 0.1) is 14.2 Å². The average molecular weight is 456 g/mol. The third kappa shape index (κ3) is 4.52. The van der Waals surface area contributed by atoms with Gasteiger partial charge in [-0.2, -0.15) is 13.2 Å². The van der Waals surface area contributed by atoms with Crippen molar-refractivity contribution in [1.29, 1.82) is 0 Å². The summed E-state index contributed by atoms with van der Waals surface area (Å²) in [4.78, 5) is 13.5. The standard InChI is InChI=1S/C25H23F3N2O3/c1-32-20-14-12-19(13-15-20)30-22(25(26,27)28)21(24(31)33-2)29-23(30)18-10-8-17(9-11-18)16-6-4-3-5-7-16/h3-15,21-23,29H,1-2H3/t21-,22-,23-/m1/s1. The van der Waals surface area contributed by atoms with Crippen LogP contribution in [0.4, 0.5) is 18.9 Å². The van der Waals surface area contributed by atoms with E-state index in [9.17, 15) is 18.0 Å². The third-order valence-electron chi connectivity index (χ3n) is 5.73. The quantitative estimate of drug-likeness (QED) is 0.551. The van der Waals surface area contributed by atoms with Crippen LogP contribution in [0.2, 0.25) is 0 Å². The van der Waals surface area contributed by atoms with Crippen molar-refractivity contribution in [2.24, 2.45) is 0 Å². The lowest BCUT2D eigenvalue weighted by Crippen LogP contribution is -2.51. The predicted molar refractivity (Wildman–Crippen MR) is 119 cm³/mol. The molecule has 3 atom stereocenters. The molecule has 1 saturated heterocycles. The Bertz CT molecular complexity index is 1090. The van der Waals surface area contributed by atoms with Gasteiger partial charge >= 0.3 is 12.1 Å². The number of methoxy groups -OCH3 is 2. The van der Waals surface area contributed by atoms with Crippen LogP contribution in [-0.4, -0.2) is 38.4 Å². The van der Waals surface area contributed by atoms with Gasteiger partial charge in [0, 0.05) is 5.69 Å². The maximum atomic E-state index is 14.2. The van der Waals surface area contributed by atoms with Crippen molar-refractivity contribution in [3.8, 4) is 16.9 Å². The summed E-state index contributed by atoms with van der Waals surface area (Å²) in [6.45, 7) is 0. The second-order valence-corrected chi connectivity index (χ2v) is 7.65. The topological polar surface area (TPSA) is 50.8 Å². The van der Waals surface area contributed by atoms with E-state index in [-0.39, 0.29) is 0 Å². The molecule has 1 heterocycles. The number of rotatable bonds is 5. The summed E-state index contributed by atoms with van der Waals surface area (Å²) in [5, 5.41) is 2.85. The Hall–Kier alpha value is -3.52. The number of hydrogen-bond acceptors (Lipinski definition) is 5. The van der Waals surface area contributed by atoms with E-state index in [1.54, 1.807) is 36.4 Å². The SMILES string of the molecule is COC(=O)[C@@H]1N[C@@H](c2ccc(-c3ccccc3)cc2)N(c2ccc(OC)cc2)[C@H]1C(F)(F)F. The van der Waals surface area contributed by atoms with Crippen LogP contribution in [0.5, 0.6) is 5.75 Å². The van der Waals surface area contributed by atoms with Crippen molar-refractivity contribution in [3.63, 3.8) is 0 Å². The van der Waals surface area contributed by atoms with Crippen LogP contribution in [0, 0.1) is 0 Å². The number of carbonyl (C=O) groups excluding carboxylic acids is 1. The number of nitrogens with one attached hydrogen (secondary N) is 1. The van der Waals surface area contributed by atoms with Gasteiger partial charge in [0.2, 0.25) is 0 Å². The van der Waals surface area contributed by atoms with Crippen LogP contribution < -0.4 is 15.0 Å². The van der Waals surface area contributed by atoms with E-state index in [1.165, 1.54) is 12.0 Å². The first-order chi connectivity index (χ1) is 15.8. The summed E-state index contributed by atoms with van der Waals surface area (Å²) in [5.41, 5.74) is 2.82. The van der Waals surface area contributed by atoms with E-state index in [0.717, 1.165) is 18.2 Å². The van der Waals surface area contributed by atoms with Gasteiger partial charge in [0.25, 0.3) is 0 Å². The number of ether oxygens (including phenoxy) is 2. The van der Waals surface area contributed by atoms with E-state index in [4.69, 9.17) is 9.47 Å². The molecule has 0 aliphatic carbocycles. The van der Waals surface area contributed by atoms with E-state index < -0.39 is 30.4 Å². The summed E-state index contributed by atoms with van der Waals surface area (Å²) in [6, 6.07) is 19.5. The first kappa shape index (κ1) is 22.7. The molecule has 33 heavy (non-hydrogen) atoms. The number of esters is 1. The Morgan fingerprint density at radius 1 is 0.879 bits per heavy atom. The molecule has 8 heteroatoms. The second kappa shape index (κ2) is 9.15. The summed E-state index contributed by atoms with van der Waals surface area (Å²) in [7, 11) is 2.56. The molecule has 3 aromatic rings. The maximum absolute atomic E-state index is 14.2. The number of halogens is 3. The molecule has 172 valence electrons. The summed E-state index contributed by atoms with van der Waals surface area (Å²) in [6.07, 6.45) is -5.59. The molecule has 0 amide bonds. The molecular weight excluding hydrogens is 433 g/mol. The zero-order valence-corrected chi connectivity index (χ0v) is 18.0. The molecule has 1 N–H and O–H groups in total. The summed E-state index contributed by atoms with van der Waals surface area (Å²) >= 11 is 0. The molecule has 3 aromatic carbocycles. The Morgan fingerprint density at radius 2 is 1.48 bits per heavy atom. The number of benzene rings is 3. The fourth-order valence-electron chi connectivity index (χ4n) is 4.14. The number of alkyl halides is 3. The van der Waals surface area contributed by atoms with E-state index in [2.05, 4.69) is 5.32 Å². The molecule has 5 nitrogen and oxygen atoms in total. The Labute approximate surface area is 189 Å². The molecular formula is C25H23F3N2O3. The summed E-state index contributed by atoms with van der Waals surface area (Å²) in [5.74, 6) is -0.456. The molecule has 4 rings (SSSR count). The van der Waals surface area contributed by atoms with Gasteiger partial charge in [-0.3, -0.25) is 10.1 Å². The molecule has 0 aromatic heterocycles. The van der Waals surface area contributed by atoms with Crippen molar-refractivity contribution in [3.05, 3.63) is 84.4 Å². The van der Waals surface area contributed by atoms with E-state index in [1.807, 2.05) is 42.5 Å². The van der Waals surface area contributed by atoms with Gasteiger partial charge in [-0.05, 0) is 41.0 Å². The van der Waals surface area contributed by atoms with Crippen LogP contribution in [0.25, 0.3) is 11.1 Å². The van der Waals surface area contributed by atoms with Crippen molar-refractivity contribution in [1.82, 2.24) is 5.32 Å². The van der Waals surface area contributed by atoms with Gasteiger partial charge < -0.3 is 14.4 Å². The monoisotopic (exact) mass is 456 g/mol. The minimum Gasteiger partial charge on any atom is -0.497 e. The van der Waals surface area contributed by atoms with Gasteiger partial charge in [-0.1, -0.05) is 54.6 Å². The zero-order chi connectivity index (χ0) is 23.6. The van der Waals surface area contributed by atoms with Gasteiger partial charge in [0.1, 0.15) is 18.0 Å². The van der Waals surface area contributed by atoms with Crippen LogP contribution in [0.1, 0.15) is 11.7 Å². The third-order valence-corrected chi connectivity index (χ3v) is 5.73. The van der Waals surface area contributed by atoms with Crippen molar-refractivity contribution < 1.29 is 27.4 Å². The largest absolute Gasteiger partial charge is 0.497 e. The summed E-state index contributed by atoms with van der Waals surface area (Å²) < 4.78 is 52.6. The molecule has 0 bridgehead atoms. The first-order valence-electron chi connectivity index (χ1n) is 10.3. The molecule has 0 saturated carbocycles. The van der Waals surface area contributed by atoms with Crippen molar-refractivity contribution in [2.45, 2.75) is 24.4 Å². The fraction of sp³-hybridized carbons (Fsp3) is 0.240. The average Bonchev–Trinajstić information content (AvgIpc) is 3.26. The fourth-order valence-corrected chi connectivity index (χ4v) is 4.14. The minimum atomic E-state index is -4.69. The molecule has 1 aliphatic rings. The highest BCUT2D eigenvalue weighted by molar-refractivity contribution is 5.79. The molecule has 0 unspecified atom stereocenters. The Balaban J connectivity index is 1.77. The molecule has 0 radical (unpaired) electrons. The number of nitrogens with zero attached hydrogens (tertiary/aromatic N) is 1. The van der Waals surface area contributed by atoms with Gasteiger partial charge in [-0.15, -0.1) is 0 Å². The van der Waals surface area contributed by atoms with Crippen molar-refractivity contribution in [2.75, 3.05) is 19.1 Å². The molecule has 1 fully saturated rings. The van der Waals surface area contributed by atoms with Gasteiger partial charge in [-0.25, -0.2) is 0 Å². The highest BCUT2D eigenvalue weighted by atomic mass is 19.4. The van der Waals surface area contributed by atoms with Gasteiger partial charge in [0.15, 0.2) is 6.04 Å². The second-order valence-electron chi connectivity index (χ2n) is 7.65. The van der Waals surface area contributed by atoms with Crippen LogP contribution in [0.3, 0.4) is 0 Å². The number of hydrogen-bond donors (Lipinski definition) is 1. The minimum absolute atomic E-state index is 0.300. The van der Waals surface area contributed by atoms with E-state index in [0.29, 0.717) is 17.0 Å². The van der Waals surface area contributed by atoms with E-state index >= 15 is 0 Å². The van der Waals surface area contributed by atoms with Crippen molar-refractivity contribution >= 4 is 11.7 Å². The number of carbonyl (C=O) groups is 1. The Kier molecular flexibility index (Phi) is 6.29. The maximum Gasteiger partial charge on any atom is 0.410 e. The first-order valence-corrected chi connectivity index (χ1v) is 10.3. The lowest BCUT2D eigenvalue weighted by Gasteiger charge is -2.33. The molecule has 1 aliphatic heterocycles. The highest BCUT2D eigenvalue weighted by Gasteiger charge is 2.58. The smallest absolute Gasteiger partial charge is 0.410 e. The normalized spacial score (nSPS) is 20.5. The lowest BCUT2D eigenvalue weighted by molar-refractivity contribution is -0.164.